The minimum atomic E-state index is 0.598. The van der Waals surface area contributed by atoms with Gasteiger partial charge in [0.05, 0.1) is 17.2 Å². The highest BCUT2D eigenvalue weighted by Crippen LogP contribution is 2.15. The van der Waals surface area contributed by atoms with Crippen LogP contribution in [-0.4, -0.2) is 37.2 Å². The summed E-state index contributed by atoms with van der Waals surface area (Å²) in [6, 6.07) is 8.04. The van der Waals surface area contributed by atoms with Gasteiger partial charge in [0, 0.05) is 24.9 Å². The lowest BCUT2D eigenvalue weighted by molar-refractivity contribution is 0.320. The predicted octanol–water partition coefficient (Wildman–Crippen LogP) is 2.94. The van der Waals surface area contributed by atoms with Crippen LogP contribution in [0, 0.1) is 13.8 Å². The van der Waals surface area contributed by atoms with Gasteiger partial charge in [-0.2, -0.15) is 0 Å². The van der Waals surface area contributed by atoms with E-state index < -0.39 is 0 Å². The molecule has 6 heteroatoms. The Morgan fingerprint density at radius 1 is 1.25 bits per heavy atom. The number of benzene rings is 1. The van der Waals surface area contributed by atoms with Crippen LogP contribution in [0.1, 0.15) is 23.2 Å². The van der Waals surface area contributed by atoms with Crippen molar-refractivity contribution in [3.63, 3.8) is 0 Å². The molecule has 0 spiro atoms. The Morgan fingerprint density at radius 3 is 2.79 bits per heavy atom. The van der Waals surface area contributed by atoms with Crippen molar-refractivity contribution in [3.8, 4) is 5.75 Å². The number of ether oxygens (including phenoxy) is 1. The van der Waals surface area contributed by atoms with Crippen molar-refractivity contribution >= 4 is 17.3 Å². The number of guanidine groups is 1. The van der Waals surface area contributed by atoms with Crippen LogP contribution in [0.15, 0.2) is 34.6 Å². The summed E-state index contributed by atoms with van der Waals surface area (Å²) in [6.45, 7) is 8.99. The van der Waals surface area contributed by atoms with Gasteiger partial charge in [0.25, 0.3) is 0 Å². The second-order valence-corrected chi connectivity index (χ2v) is 6.47. The van der Waals surface area contributed by atoms with Gasteiger partial charge in [0.2, 0.25) is 0 Å². The van der Waals surface area contributed by atoms with Crippen LogP contribution in [0.3, 0.4) is 0 Å². The van der Waals surface area contributed by atoms with Gasteiger partial charge in [-0.25, -0.2) is 4.98 Å². The van der Waals surface area contributed by atoms with Crippen molar-refractivity contribution in [1.82, 2.24) is 15.6 Å². The number of aryl methyl sites for hydroxylation is 2. The quantitative estimate of drug-likeness (QED) is 0.438. The summed E-state index contributed by atoms with van der Waals surface area (Å²) < 4.78 is 5.79. The maximum absolute atomic E-state index is 5.79. The molecule has 2 N–H and O–H groups in total. The average Bonchev–Trinajstić information content (AvgIpc) is 2.98. The first-order chi connectivity index (χ1) is 11.7. The van der Waals surface area contributed by atoms with E-state index in [1.807, 2.05) is 25.1 Å². The molecule has 0 fully saturated rings. The van der Waals surface area contributed by atoms with Crippen molar-refractivity contribution in [3.05, 3.63) is 45.9 Å². The Morgan fingerprint density at radius 2 is 2.08 bits per heavy atom. The Labute approximate surface area is 148 Å². The van der Waals surface area contributed by atoms with Gasteiger partial charge in [-0.1, -0.05) is 18.2 Å². The highest BCUT2D eigenvalue weighted by Gasteiger charge is 2.01. The average molecular weight is 347 g/mol. The molecule has 130 valence electrons. The molecule has 24 heavy (non-hydrogen) atoms. The second kappa shape index (κ2) is 9.93. The maximum Gasteiger partial charge on any atom is 0.191 e. The molecule has 5 nitrogen and oxygen atoms in total. The van der Waals surface area contributed by atoms with Crippen LogP contribution in [-0.2, 0) is 6.42 Å². The SMILES string of the molecule is CCNC(=NCCc1csc(C)n1)NCCOc1ccccc1C. The minimum absolute atomic E-state index is 0.598. The number of aromatic nitrogens is 1. The lowest BCUT2D eigenvalue weighted by atomic mass is 10.2. The highest BCUT2D eigenvalue weighted by atomic mass is 32.1. The van der Waals surface area contributed by atoms with E-state index in [2.05, 4.69) is 45.9 Å². The Bertz CT molecular complexity index is 654. The van der Waals surface area contributed by atoms with Crippen LogP contribution < -0.4 is 15.4 Å². The smallest absolute Gasteiger partial charge is 0.191 e. The number of thiazole rings is 1. The molecule has 0 saturated carbocycles. The van der Waals surface area contributed by atoms with Gasteiger partial charge >= 0.3 is 0 Å². The fourth-order valence-electron chi connectivity index (χ4n) is 2.20. The molecule has 0 amide bonds. The molecule has 1 aromatic heterocycles. The zero-order valence-electron chi connectivity index (χ0n) is 14.6. The second-order valence-electron chi connectivity index (χ2n) is 5.41. The first-order valence-electron chi connectivity index (χ1n) is 8.30. The van der Waals surface area contributed by atoms with Gasteiger partial charge in [-0.15, -0.1) is 11.3 Å². The number of hydrogen-bond acceptors (Lipinski definition) is 4. The molecular weight excluding hydrogens is 320 g/mol. The number of nitrogens with one attached hydrogen (secondary N) is 2. The molecule has 0 aliphatic heterocycles. The Hall–Kier alpha value is -2.08. The lowest BCUT2D eigenvalue weighted by Gasteiger charge is -2.12. The summed E-state index contributed by atoms with van der Waals surface area (Å²) in [6.07, 6.45) is 0.862. The fourth-order valence-corrected chi connectivity index (χ4v) is 2.84. The van der Waals surface area contributed by atoms with Crippen molar-refractivity contribution in [1.29, 1.82) is 0 Å². The van der Waals surface area contributed by atoms with Gasteiger partial charge in [-0.3, -0.25) is 4.99 Å². The molecule has 0 saturated heterocycles. The predicted molar refractivity (Wildman–Crippen MR) is 101 cm³/mol. The summed E-state index contributed by atoms with van der Waals surface area (Å²) in [5.74, 6) is 1.75. The molecular formula is C18H26N4OS. The standard InChI is InChI=1S/C18H26N4OS/c1-4-19-18(20-10-9-16-13-24-15(3)22-16)21-11-12-23-17-8-6-5-7-14(17)2/h5-8,13H,4,9-12H2,1-3H3,(H2,19,20,21). The highest BCUT2D eigenvalue weighted by molar-refractivity contribution is 7.09. The zero-order valence-corrected chi connectivity index (χ0v) is 15.4. The third-order valence-corrected chi connectivity index (χ3v) is 4.22. The maximum atomic E-state index is 5.79. The number of aliphatic imine (C=N–C) groups is 1. The topological polar surface area (TPSA) is 58.5 Å². The summed E-state index contributed by atoms with van der Waals surface area (Å²) in [5, 5.41) is 9.75. The van der Waals surface area contributed by atoms with E-state index in [4.69, 9.17) is 4.74 Å². The summed E-state index contributed by atoms with van der Waals surface area (Å²) in [5.41, 5.74) is 2.26. The number of nitrogens with zero attached hydrogens (tertiary/aromatic N) is 2. The molecule has 1 aromatic carbocycles. The molecule has 0 unspecified atom stereocenters. The van der Waals surface area contributed by atoms with Crippen LogP contribution in [0.4, 0.5) is 0 Å². The van der Waals surface area contributed by atoms with Crippen LogP contribution in [0.25, 0.3) is 0 Å². The van der Waals surface area contributed by atoms with E-state index in [1.54, 1.807) is 11.3 Å². The molecule has 2 rings (SSSR count). The van der Waals surface area contributed by atoms with Crippen LogP contribution in [0.5, 0.6) is 5.75 Å². The lowest BCUT2D eigenvalue weighted by Crippen LogP contribution is -2.39. The summed E-state index contributed by atoms with van der Waals surface area (Å²) in [4.78, 5) is 9.04. The fraction of sp³-hybridized carbons (Fsp3) is 0.444. The minimum Gasteiger partial charge on any atom is -0.491 e. The first kappa shape index (κ1) is 18.3. The third-order valence-electron chi connectivity index (χ3n) is 3.39. The van der Waals surface area contributed by atoms with Gasteiger partial charge in [-0.05, 0) is 32.4 Å². The molecule has 0 atom stereocenters. The molecule has 2 aromatic rings. The van der Waals surface area contributed by atoms with Gasteiger partial charge in [0.1, 0.15) is 12.4 Å². The molecule has 0 bridgehead atoms. The zero-order chi connectivity index (χ0) is 17.2. The molecule has 0 aliphatic rings. The third kappa shape index (κ3) is 6.20. The van der Waals surface area contributed by atoms with E-state index in [0.29, 0.717) is 13.2 Å². The van der Waals surface area contributed by atoms with Crippen LogP contribution in [0.2, 0.25) is 0 Å². The Balaban J connectivity index is 1.73. The van der Waals surface area contributed by atoms with Crippen molar-refractivity contribution in [2.24, 2.45) is 4.99 Å². The number of para-hydroxylation sites is 1. The first-order valence-corrected chi connectivity index (χ1v) is 9.18. The molecule has 1 heterocycles. The van der Waals surface area contributed by atoms with E-state index in [1.165, 1.54) is 0 Å². The van der Waals surface area contributed by atoms with E-state index in [9.17, 15) is 0 Å². The monoisotopic (exact) mass is 346 g/mol. The molecule has 0 radical (unpaired) electrons. The van der Waals surface area contributed by atoms with E-state index in [0.717, 1.165) is 47.5 Å². The largest absolute Gasteiger partial charge is 0.491 e. The van der Waals surface area contributed by atoms with Gasteiger partial charge < -0.3 is 15.4 Å². The molecule has 0 aliphatic carbocycles. The number of hydrogen-bond donors (Lipinski definition) is 2. The Kier molecular flexibility index (Phi) is 7.55. The van der Waals surface area contributed by atoms with Crippen LogP contribution >= 0.6 is 11.3 Å². The summed E-state index contributed by atoms with van der Waals surface area (Å²) in [7, 11) is 0. The van der Waals surface area contributed by atoms with E-state index >= 15 is 0 Å². The van der Waals surface area contributed by atoms with Gasteiger partial charge in [0.15, 0.2) is 5.96 Å². The summed E-state index contributed by atoms with van der Waals surface area (Å²) >= 11 is 1.68. The van der Waals surface area contributed by atoms with Crippen molar-refractivity contribution in [2.75, 3.05) is 26.2 Å². The number of rotatable bonds is 8. The normalized spacial score (nSPS) is 11.4. The van der Waals surface area contributed by atoms with Crippen molar-refractivity contribution < 1.29 is 4.74 Å². The van der Waals surface area contributed by atoms with E-state index in [-0.39, 0.29) is 0 Å². The van der Waals surface area contributed by atoms with Crippen molar-refractivity contribution in [2.45, 2.75) is 27.2 Å².